The maximum atomic E-state index is 13.3. The largest absolute Gasteiger partial charge is 0.481 e. The molecular weight excluding hydrogens is 491 g/mol. The Bertz CT molecular complexity index is 1640. The van der Waals surface area contributed by atoms with Crippen LogP contribution >= 0.6 is 0 Å². The molecule has 6 nitrogen and oxygen atoms in total. The number of para-hydroxylation sites is 2. The summed E-state index contributed by atoms with van der Waals surface area (Å²) in [4.78, 5) is 14.2. The van der Waals surface area contributed by atoms with Crippen molar-refractivity contribution < 1.29 is 17.9 Å². The van der Waals surface area contributed by atoms with Gasteiger partial charge in [0.15, 0.2) is 0 Å². The lowest BCUT2D eigenvalue weighted by Crippen LogP contribution is -2.22. The molecule has 192 valence electrons. The number of pyridine rings is 1. The fraction of sp³-hybridized carbons (Fsp3) is 0.207. The van der Waals surface area contributed by atoms with E-state index in [1.54, 1.807) is 19.4 Å². The molecule has 0 saturated heterocycles. The predicted molar refractivity (Wildman–Crippen MR) is 140 cm³/mol. The van der Waals surface area contributed by atoms with E-state index >= 15 is 0 Å². The van der Waals surface area contributed by atoms with Gasteiger partial charge in [-0.2, -0.15) is 13.2 Å². The minimum atomic E-state index is -4.41. The second kappa shape index (κ2) is 9.48. The molecule has 1 aliphatic heterocycles. The van der Waals surface area contributed by atoms with Crippen LogP contribution in [0.15, 0.2) is 84.0 Å². The lowest BCUT2D eigenvalue weighted by Gasteiger charge is -2.23. The Kier molecular flexibility index (Phi) is 5.98. The highest BCUT2D eigenvalue weighted by molar-refractivity contribution is 5.84. The molecule has 3 aromatic rings. The Morgan fingerprint density at radius 2 is 1.79 bits per heavy atom. The quantitative estimate of drug-likeness (QED) is 0.263. The van der Waals surface area contributed by atoms with E-state index in [9.17, 15) is 13.2 Å². The molecule has 0 spiro atoms. The molecule has 3 aliphatic rings. The van der Waals surface area contributed by atoms with E-state index in [0.29, 0.717) is 17.3 Å². The van der Waals surface area contributed by atoms with Crippen molar-refractivity contribution in [3.63, 3.8) is 0 Å². The number of fused-ring (bicyclic) bond motifs is 2. The molecule has 1 saturated carbocycles. The Hall–Kier alpha value is -4.40. The molecule has 2 aliphatic carbocycles. The SMILES string of the molecule is COc1ccc(Nc2cc3nc4ccccc4n(-c4ccc(C(F)(F)F)cc4)c-3c/c2=N\C2CCC2)cn1. The van der Waals surface area contributed by atoms with Gasteiger partial charge >= 0.3 is 6.18 Å². The van der Waals surface area contributed by atoms with Crippen molar-refractivity contribution >= 4 is 22.4 Å². The van der Waals surface area contributed by atoms with Gasteiger partial charge in [-0.25, -0.2) is 9.97 Å². The van der Waals surface area contributed by atoms with Crippen LogP contribution in [0, 0.1) is 0 Å². The van der Waals surface area contributed by atoms with E-state index in [-0.39, 0.29) is 6.04 Å². The fourth-order valence-electron chi connectivity index (χ4n) is 4.57. The van der Waals surface area contributed by atoms with Crippen molar-refractivity contribution in [1.29, 1.82) is 0 Å². The van der Waals surface area contributed by atoms with Crippen molar-refractivity contribution in [2.75, 3.05) is 12.4 Å². The molecule has 6 rings (SSSR count). The summed E-state index contributed by atoms with van der Waals surface area (Å²) >= 11 is 0. The summed E-state index contributed by atoms with van der Waals surface area (Å²) in [7, 11) is 1.57. The highest BCUT2D eigenvalue weighted by Crippen LogP contribution is 2.33. The molecule has 0 atom stereocenters. The van der Waals surface area contributed by atoms with E-state index in [2.05, 4.69) is 10.3 Å². The van der Waals surface area contributed by atoms with Crippen LogP contribution < -0.4 is 15.4 Å². The zero-order chi connectivity index (χ0) is 26.3. The van der Waals surface area contributed by atoms with E-state index in [1.807, 2.05) is 47.0 Å². The third-order valence-electron chi connectivity index (χ3n) is 6.77. The maximum absolute atomic E-state index is 13.3. The summed E-state index contributed by atoms with van der Waals surface area (Å²) in [6.45, 7) is 0. The number of benzene rings is 3. The lowest BCUT2D eigenvalue weighted by molar-refractivity contribution is -0.137. The summed E-state index contributed by atoms with van der Waals surface area (Å²) in [6, 6.07) is 20.6. The van der Waals surface area contributed by atoms with Crippen molar-refractivity contribution in [2.45, 2.75) is 31.5 Å². The summed E-state index contributed by atoms with van der Waals surface area (Å²) in [5, 5.41) is 4.17. The Balaban J connectivity index is 1.56. The van der Waals surface area contributed by atoms with E-state index < -0.39 is 11.7 Å². The van der Waals surface area contributed by atoms with E-state index in [1.165, 1.54) is 12.1 Å². The number of methoxy groups -OCH3 is 1. The van der Waals surface area contributed by atoms with Gasteiger partial charge in [0.05, 0.1) is 64.1 Å². The number of aromatic nitrogens is 3. The standard InChI is InChI=1S/C29H24F3N5O/c1-38-28-14-11-20(17-33-28)35-23-15-25-27(16-24(23)34-19-5-4-6-19)37(26-8-3-2-7-22(26)36-25)21-12-9-18(10-13-21)29(30,31)32/h2-3,7-17,19,35H,4-6H2,1H3/b34-24+. The van der Waals surface area contributed by atoms with Gasteiger partial charge in [0.25, 0.3) is 0 Å². The number of rotatable bonds is 5. The molecule has 0 unspecified atom stereocenters. The molecular formula is C29H24F3N5O. The summed E-state index contributed by atoms with van der Waals surface area (Å²) in [5.74, 6) is 0.513. The number of ether oxygens (including phenoxy) is 1. The highest BCUT2D eigenvalue weighted by Gasteiger charge is 2.30. The van der Waals surface area contributed by atoms with Crippen molar-refractivity contribution in [3.05, 3.63) is 89.9 Å². The minimum Gasteiger partial charge on any atom is -0.481 e. The number of halogens is 3. The Morgan fingerprint density at radius 3 is 2.45 bits per heavy atom. The maximum Gasteiger partial charge on any atom is 0.416 e. The molecule has 2 aromatic carbocycles. The Labute approximate surface area is 216 Å². The molecule has 1 aromatic heterocycles. The molecule has 9 heteroatoms. The lowest BCUT2D eigenvalue weighted by atomic mass is 9.94. The number of nitrogens with one attached hydrogen (secondary N) is 1. The van der Waals surface area contributed by atoms with Gasteiger partial charge in [0.1, 0.15) is 0 Å². The average Bonchev–Trinajstić information content (AvgIpc) is 2.89. The molecule has 2 heterocycles. The topological polar surface area (TPSA) is 64.3 Å². The normalized spacial score (nSPS) is 14.6. The second-order valence-corrected chi connectivity index (χ2v) is 9.27. The van der Waals surface area contributed by atoms with Gasteiger partial charge in [-0.1, -0.05) is 12.1 Å². The van der Waals surface area contributed by atoms with Crippen LogP contribution in [0.3, 0.4) is 0 Å². The van der Waals surface area contributed by atoms with Gasteiger partial charge < -0.3 is 14.6 Å². The van der Waals surface area contributed by atoms with Crippen molar-refractivity contribution in [2.24, 2.45) is 4.99 Å². The van der Waals surface area contributed by atoms with Crippen LogP contribution in [0.1, 0.15) is 24.8 Å². The smallest absolute Gasteiger partial charge is 0.416 e. The van der Waals surface area contributed by atoms with Gasteiger partial charge in [-0.3, -0.25) is 4.99 Å². The number of nitrogens with zero attached hydrogens (tertiary/aromatic N) is 4. The molecule has 38 heavy (non-hydrogen) atoms. The van der Waals surface area contributed by atoms with E-state index in [0.717, 1.165) is 64.9 Å². The summed E-state index contributed by atoms with van der Waals surface area (Å²) in [5.41, 5.74) is 4.40. The van der Waals surface area contributed by atoms with Crippen molar-refractivity contribution in [1.82, 2.24) is 14.5 Å². The third-order valence-corrected chi connectivity index (χ3v) is 6.77. The van der Waals surface area contributed by atoms with Gasteiger partial charge in [-0.05, 0) is 73.9 Å². The second-order valence-electron chi connectivity index (χ2n) is 9.27. The van der Waals surface area contributed by atoms with Crippen LogP contribution in [0.5, 0.6) is 5.88 Å². The first kappa shape index (κ1) is 24.0. The van der Waals surface area contributed by atoms with Crippen molar-refractivity contribution in [3.8, 4) is 23.0 Å². The minimum absolute atomic E-state index is 0.231. The van der Waals surface area contributed by atoms with Gasteiger partial charge in [-0.15, -0.1) is 0 Å². The number of hydrogen-bond acceptors (Lipinski definition) is 5. The third kappa shape index (κ3) is 4.55. The molecule has 0 bridgehead atoms. The molecule has 0 amide bonds. The van der Waals surface area contributed by atoms with Crippen LogP contribution in [-0.2, 0) is 6.18 Å². The number of hydrogen-bond donors (Lipinski definition) is 1. The highest BCUT2D eigenvalue weighted by atomic mass is 19.4. The van der Waals surface area contributed by atoms with Gasteiger partial charge in [0, 0.05) is 11.8 Å². The first-order valence-electron chi connectivity index (χ1n) is 12.3. The molecule has 1 fully saturated rings. The zero-order valence-electron chi connectivity index (χ0n) is 20.5. The first-order valence-corrected chi connectivity index (χ1v) is 12.3. The number of anilines is 2. The molecule has 1 N–H and O–H groups in total. The van der Waals surface area contributed by atoms with Crippen LogP contribution in [0.4, 0.5) is 24.5 Å². The van der Waals surface area contributed by atoms with Crippen LogP contribution in [0.25, 0.3) is 28.1 Å². The molecule has 0 radical (unpaired) electrons. The fourth-order valence-corrected chi connectivity index (χ4v) is 4.57. The first-order chi connectivity index (χ1) is 18.4. The van der Waals surface area contributed by atoms with Gasteiger partial charge in [0.2, 0.25) is 5.88 Å². The van der Waals surface area contributed by atoms with Crippen LogP contribution in [0.2, 0.25) is 0 Å². The van der Waals surface area contributed by atoms with E-state index in [4.69, 9.17) is 14.7 Å². The zero-order valence-corrected chi connectivity index (χ0v) is 20.5. The summed E-state index contributed by atoms with van der Waals surface area (Å²) < 4.78 is 46.9. The average molecular weight is 516 g/mol. The monoisotopic (exact) mass is 515 g/mol. The summed E-state index contributed by atoms with van der Waals surface area (Å²) in [6.07, 6.45) is 0.473. The van der Waals surface area contributed by atoms with Crippen LogP contribution in [-0.4, -0.2) is 27.7 Å². The Morgan fingerprint density at radius 1 is 1.00 bits per heavy atom. The number of alkyl halides is 3. The predicted octanol–water partition coefficient (Wildman–Crippen LogP) is 6.75.